The van der Waals surface area contributed by atoms with E-state index in [0.29, 0.717) is 6.54 Å². The summed E-state index contributed by atoms with van der Waals surface area (Å²) in [5, 5.41) is 4.42. The average Bonchev–Trinajstić information content (AvgIpc) is 2.46. The summed E-state index contributed by atoms with van der Waals surface area (Å²) < 4.78 is 0. The van der Waals surface area contributed by atoms with E-state index in [1.165, 1.54) is 0 Å². The standard InChI is InChI=1S/C15H12N3/c1-2-6-14-13(5-1)7-8-15(18-14)17-11-12-4-3-9-16-10-12/h1-9H,11H2,(H,17,18). The van der Waals surface area contributed by atoms with Crippen molar-refractivity contribution in [2.45, 2.75) is 6.54 Å². The van der Waals surface area contributed by atoms with E-state index in [2.05, 4.69) is 33.6 Å². The quantitative estimate of drug-likeness (QED) is 0.757. The first-order valence-corrected chi connectivity index (χ1v) is 5.83. The highest BCUT2D eigenvalue weighted by Crippen LogP contribution is 2.14. The van der Waals surface area contributed by atoms with Gasteiger partial charge in [0.1, 0.15) is 5.82 Å². The van der Waals surface area contributed by atoms with Crippen LogP contribution in [0.1, 0.15) is 5.56 Å². The van der Waals surface area contributed by atoms with Gasteiger partial charge >= 0.3 is 0 Å². The largest absolute Gasteiger partial charge is 0.366 e. The van der Waals surface area contributed by atoms with Crippen molar-refractivity contribution in [1.82, 2.24) is 9.97 Å². The number of benzene rings is 1. The van der Waals surface area contributed by atoms with Crippen molar-refractivity contribution in [2.75, 3.05) is 5.32 Å². The molecule has 3 nitrogen and oxygen atoms in total. The lowest BCUT2D eigenvalue weighted by Gasteiger charge is -2.06. The fourth-order valence-corrected chi connectivity index (χ4v) is 1.81. The maximum Gasteiger partial charge on any atom is 0.126 e. The Morgan fingerprint density at radius 2 is 1.94 bits per heavy atom. The molecule has 0 bridgehead atoms. The molecule has 0 atom stereocenters. The van der Waals surface area contributed by atoms with Gasteiger partial charge < -0.3 is 5.32 Å². The zero-order valence-corrected chi connectivity index (χ0v) is 9.80. The van der Waals surface area contributed by atoms with Crippen molar-refractivity contribution in [1.29, 1.82) is 0 Å². The van der Waals surface area contributed by atoms with Crippen LogP contribution in [-0.4, -0.2) is 9.97 Å². The minimum atomic E-state index is 0.680. The van der Waals surface area contributed by atoms with Gasteiger partial charge in [-0.15, -0.1) is 0 Å². The Hall–Kier alpha value is -2.42. The Labute approximate surface area is 106 Å². The Balaban J connectivity index is 1.79. The van der Waals surface area contributed by atoms with Crippen molar-refractivity contribution in [3.8, 4) is 0 Å². The zero-order valence-electron chi connectivity index (χ0n) is 9.80. The van der Waals surface area contributed by atoms with Gasteiger partial charge in [-0.25, -0.2) is 4.98 Å². The van der Waals surface area contributed by atoms with E-state index in [9.17, 15) is 0 Å². The van der Waals surface area contributed by atoms with Gasteiger partial charge in [-0.3, -0.25) is 4.98 Å². The Bertz CT molecular complexity index is 650. The summed E-state index contributed by atoms with van der Waals surface area (Å²) >= 11 is 0. The van der Waals surface area contributed by atoms with E-state index in [-0.39, 0.29) is 0 Å². The minimum absolute atomic E-state index is 0.680. The predicted molar refractivity (Wildman–Crippen MR) is 72.1 cm³/mol. The average molecular weight is 234 g/mol. The number of hydrogen-bond acceptors (Lipinski definition) is 3. The highest BCUT2D eigenvalue weighted by atomic mass is 15.0. The van der Waals surface area contributed by atoms with Crippen molar-refractivity contribution < 1.29 is 0 Å². The molecule has 0 spiro atoms. The fraction of sp³-hybridized carbons (Fsp3) is 0.0667. The molecule has 0 unspecified atom stereocenters. The molecule has 0 saturated heterocycles. The molecule has 1 N–H and O–H groups in total. The smallest absolute Gasteiger partial charge is 0.126 e. The lowest BCUT2D eigenvalue weighted by Crippen LogP contribution is -2.01. The SMILES string of the molecule is [c]1ncccc1CNc1ccc2ccccc2n1. The molecule has 1 aromatic carbocycles. The van der Waals surface area contributed by atoms with Gasteiger partial charge in [0.25, 0.3) is 0 Å². The van der Waals surface area contributed by atoms with Gasteiger partial charge in [0.2, 0.25) is 0 Å². The van der Waals surface area contributed by atoms with Crippen LogP contribution < -0.4 is 5.32 Å². The second-order valence-electron chi connectivity index (χ2n) is 4.02. The van der Waals surface area contributed by atoms with Crippen LogP contribution in [0.25, 0.3) is 10.9 Å². The Morgan fingerprint density at radius 3 is 2.83 bits per heavy atom. The number of anilines is 1. The molecule has 3 aromatic rings. The summed E-state index contributed by atoms with van der Waals surface area (Å²) in [6.07, 6.45) is 4.66. The van der Waals surface area contributed by atoms with Gasteiger partial charge in [-0.1, -0.05) is 24.3 Å². The van der Waals surface area contributed by atoms with E-state index in [0.717, 1.165) is 22.3 Å². The van der Waals surface area contributed by atoms with E-state index in [1.54, 1.807) is 6.20 Å². The number of nitrogens with zero attached hydrogens (tertiary/aromatic N) is 2. The number of hydrogen-bond donors (Lipinski definition) is 1. The van der Waals surface area contributed by atoms with Gasteiger partial charge in [0.15, 0.2) is 0 Å². The number of nitrogens with one attached hydrogen (secondary N) is 1. The molecule has 0 amide bonds. The summed E-state index contributed by atoms with van der Waals surface area (Å²) in [6.45, 7) is 0.680. The van der Waals surface area contributed by atoms with Crippen LogP contribution in [-0.2, 0) is 6.54 Å². The first kappa shape index (κ1) is 10.7. The molecule has 0 aliphatic rings. The van der Waals surface area contributed by atoms with Gasteiger partial charge in [0, 0.05) is 18.1 Å². The monoisotopic (exact) mass is 234 g/mol. The molecule has 3 heteroatoms. The van der Waals surface area contributed by atoms with Crippen LogP contribution in [0.4, 0.5) is 5.82 Å². The molecule has 3 rings (SSSR count). The second kappa shape index (κ2) is 4.84. The van der Waals surface area contributed by atoms with E-state index in [4.69, 9.17) is 0 Å². The molecule has 1 radical (unpaired) electrons. The van der Waals surface area contributed by atoms with Crippen LogP contribution >= 0.6 is 0 Å². The number of aromatic nitrogens is 2. The van der Waals surface area contributed by atoms with Crippen LogP contribution in [0, 0.1) is 6.20 Å². The summed E-state index contributed by atoms with van der Waals surface area (Å²) in [7, 11) is 0. The summed E-state index contributed by atoms with van der Waals surface area (Å²) in [5.41, 5.74) is 2.02. The van der Waals surface area contributed by atoms with Crippen LogP contribution in [0.5, 0.6) is 0 Å². The van der Waals surface area contributed by atoms with Gasteiger partial charge in [-0.2, -0.15) is 0 Å². The van der Waals surface area contributed by atoms with Crippen LogP contribution in [0.3, 0.4) is 0 Å². The highest BCUT2D eigenvalue weighted by Gasteiger charge is 1.98. The molecule has 18 heavy (non-hydrogen) atoms. The lowest BCUT2D eigenvalue weighted by molar-refractivity contribution is 1.09. The van der Waals surface area contributed by atoms with Crippen LogP contribution in [0.2, 0.25) is 0 Å². The molecule has 0 aliphatic carbocycles. The molecule has 2 aromatic heterocycles. The number of rotatable bonds is 3. The van der Waals surface area contributed by atoms with Crippen molar-refractivity contribution >= 4 is 16.7 Å². The molecule has 0 saturated carbocycles. The highest BCUT2D eigenvalue weighted by molar-refractivity contribution is 5.80. The Kier molecular flexibility index (Phi) is 2.88. The third-order valence-corrected chi connectivity index (χ3v) is 2.72. The summed E-state index contributed by atoms with van der Waals surface area (Å²) in [4.78, 5) is 8.51. The molecule has 87 valence electrons. The molecular weight excluding hydrogens is 222 g/mol. The first-order valence-electron chi connectivity index (χ1n) is 5.83. The minimum Gasteiger partial charge on any atom is -0.366 e. The first-order chi connectivity index (χ1) is 8.92. The summed E-state index contributed by atoms with van der Waals surface area (Å²) in [6, 6.07) is 16.0. The molecule has 2 heterocycles. The van der Waals surface area contributed by atoms with Crippen molar-refractivity contribution in [3.05, 3.63) is 66.5 Å². The van der Waals surface area contributed by atoms with Crippen molar-refractivity contribution in [2.24, 2.45) is 0 Å². The molecule has 0 aliphatic heterocycles. The summed E-state index contributed by atoms with van der Waals surface area (Å²) in [5.74, 6) is 0.867. The molecule has 0 fully saturated rings. The van der Waals surface area contributed by atoms with E-state index >= 15 is 0 Å². The zero-order chi connectivity index (χ0) is 12.2. The number of pyridine rings is 2. The van der Waals surface area contributed by atoms with Gasteiger partial charge in [-0.05, 0) is 29.8 Å². The third-order valence-electron chi connectivity index (χ3n) is 2.72. The van der Waals surface area contributed by atoms with Crippen molar-refractivity contribution in [3.63, 3.8) is 0 Å². The predicted octanol–water partition coefficient (Wildman–Crippen LogP) is 3.04. The lowest BCUT2D eigenvalue weighted by atomic mass is 10.2. The maximum atomic E-state index is 4.54. The van der Waals surface area contributed by atoms with Gasteiger partial charge in [0.05, 0.1) is 11.7 Å². The topological polar surface area (TPSA) is 37.8 Å². The normalized spacial score (nSPS) is 10.4. The van der Waals surface area contributed by atoms with E-state index < -0.39 is 0 Å². The number of para-hydroxylation sites is 1. The van der Waals surface area contributed by atoms with Crippen LogP contribution in [0.15, 0.2) is 54.7 Å². The van der Waals surface area contributed by atoms with E-state index in [1.807, 2.05) is 36.4 Å². The second-order valence-corrected chi connectivity index (χ2v) is 4.02. The maximum absolute atomic E-state index is 4.54. The fourth-order valence-electron chi connectivity index (χ4n) is 1.81. The molecular formula is C15H12N3. The Morgan fingerprint density at radius 1 is 1.00 bits per heavy atom. The third kappa shape index (κ3) is 2.30. The number of fused-ring (bicyclic) bond motifs is 1.